The minimum Gasteiger partial charge on any atom is -0.481 e. The summed E-state index contributed by atoms with van der Waals surface area (Å²) in [5.74, 6) is 0.355. The average Bonchev–Trinajstić information content (AvgIpc) is 2.53. The highest BCUT2D eigenvalue weighted by atomic mass is 16.5. The number of hydrogen-bond donors (Lipinski definition) is 1. The molecule has 1 N–H and O–H groups in total. The van der Waals surface area contributed by atoms with Gasteiger partial charge >= 0.3 is 0 Å². The number of hydrogen-bond acceptors (Lipinski definition) is 4. The number of likely N-dealkylation sites (N-methyl/N-ethyl adjacent to an activating group) is 1. The van der Waals surface area contributed by atoms with Crippen LogP contribution in [0.5, 0.6) is 5.88 Å². The average molecular weight is 299 g/mol. The van der Waals surface area contributed by atoms with E-state index < -0.39 is 0 Å². The van der Waals surface area contributed by atoms with Crippen LogP contribution in [0.1, 0.15) is 23.3 Å². The Morgan fingerprint density at radius 3 is 3.00 bits per heavy atom. The first-order valence-corrected chi connectivity index (χ1v) is 7.60. The zero-order valence-electron chi connectivity index (χ0n) is 13.0. The second kappa shape index (κ2) is 6.32. The largest absolute Gasteiger partial charge is 0.481 e. The van der Waals surface area contributed by atoms with Gasteiger partial charge in [0.15, 0.2) is 0 Å². The third kappa shape index (κ3) is 3.04. The fourth-order valence-electron chi connectivity index (χ4n) is 2.98. The lowest BCUT2D eigenvalue weighted by molar-refractivity contribution is 0.0907. The third-order valence-corrected chi connectivity index (χ3v) is 4.09. The van der Waals surface area contributed by atoms with Gasteiger partial charge in [-0.2, -0.15) is 0 Å². The minimum atomic E-state index is -0.135. The van der Waals surface area contributed by atoms with Crippen LogP contribution in [0.2, 0.25) is 0 Å². The van der Waals surface area contributed by atoms with Gasteiger partial charge in [0.25, 0.3) is 5.91 Å². The first kappa shape index (κ1) is 14.8. The number of fused-ring (bicyclic) bond motifs is 1. The molecule has 0 bridgehead atoms. The van der Waals surface area contributed by atoms with E-state index in [9.17, 15) is 4.79 Å². The fraction of sp³-hybridized carbons (Fsp3) is 0.412. The van der Waals surface area contributed by atoms with Crippen LogP contribution < -0.4 is 10.1 Å². The van der Waals surface area contributed by atoms with Crippen molar-refractivity contribution in [2.75, 3.05) is 27.2 Å². The number of nitrogens with one attached hydrogen (secondary N) is 1. The van der Waals surface area contributed by atoms with Crippen LogP contribution in [0.3, 0.4) is 0 Å². The molecular weight excluding hydrogens is 278 g/mol. The van der Waals surface area contributed by atoms with Crippen molar-refractivity contribution in [1.29, 1.82) is 0 Å². The maximum Gasteiger partial charge on any atom is 0.270 e. The summed E-state index contributed by atoms with van der Waals surface area (Å²) in [6.07, 6.45) is 2.12. The van der Waals surface area contributed by atoms with E-state index in [0.717, 1.165) is 36.7 Å². The Morgan fingerprint density at radius 1 is 1.41 bits per heavy atom. The van der Waals surface area contributed by atoms with Gasteiger partial charge in [-0.15, -0.1) is 0 Å². The summed E-state index contributed by atoms with van der Waals surface area (Å²) in [5.41, 5.74) is 0.406. The van der Waals surface area contributed by atoms with Crippen LogP contribution >= 0.6 is 0 Å². The second-order valence-corrected chi connectivity index (χ2v) is 5.81. The topological polar surface area (TPSA) is 54.5 Å². The van der Waals surface area contributed by atoms with Crippen LogP contribution in [0, 0.1) is 0 Å². The quantitative estimate of drug-likeness (QED) is 0.942. The summed E-state index contributed by atoms with van der Waals surface area (Å²) >= 11 is 0. The number of carbonyl (C=O) groups is 1. The van der Waals surface area contributed by atoms with E-state index in [1.54, 1.807) is 7.11 Å². The highest BCUT2D eigenvalue weighted by Crippen LogP contribution is 2.24. The number of likely N-dealkylation sites (tertiary alicyclic amines) is 1. The molecule has 2 aromatic rings. The van der Waals surface area contributed by atoms with E-state index in [-0.39, 0.29) is 11.9 Å². The van der Waals surface area contributed by atoms with E-state index in [2.05, 4.69) is 22.2 Å². The Labute approximate surface area is 130 Å². The Balaban J connectivity index is 1.84. The lowest BCUT2D eigenvalue weighted by Gasteiger charge is -2.30. The minimum absolute atomic E-state index is 0.135. The number of methoxy groups -OCH3 is 1. The molecule has 1 saturated heterocycles. The second-order valence-electron chi connectivity index (χ2n) is 5.81. The molecule has 0 spiro atoms. The lowest BCUT2D eigenvalue weighted by Crippen LogP contribution is -2.46. The van der Waals surface area contributed by atoms with Crippen molar-refractivity contribution in [3.8, 4) is 5.88 Å². The molecule has 1 amide bonds. The highest BCUT2D eigenvalue weighted by Gasteiger charge is 2.21. The third-order valence-electron chi connectivity index (χ3n) is 4.09. The molecule has 0 saturated carbocycles. The van der Waals surface area contributed by atoms with E-state index in [1.807, 2.05) is 30.3 Å². The molecular formula is C17H21N3O2. The molecule has 1 aliphatic heterocycles. The Kier molecular flexibility index (Phi) is 4.24. The molecule has 1 fully saturated rings. The van der Waals surface area contributed by atoms with Gasteiger partial charge in [-0.3, -0.25) is 4.79 Å². The zero-order chi connectivity index (χ0) is 15.5. The Hall–Kier alpha value is -2.14. The first-order chi connectivity index (χ1) is 10.7. The lowest BCUT2D eigenvalue weighted by atomic mass is 10.1. The van der Waals surface area contributed by atoms with Gasteiger partial charge in [0.1, 0.15) is 5.69 Å². The van der Waals surface area contributed by atoms with E-state index in [0.29, 0.717) is 11.6 Å². The van der Waals surface area contributed by atoms with Gasteiger partial charge < -0.3 is 15.0 Å². The molecule has 2 heterocycles. The van der Waals surface area contributed by atoms with E-state index in [4.69, 9.17) is 4.74 Å². The van der Waals surface area contributed by atoms with Crippen molar-refractivity contribution in [3.63, 3.8) is 0 Å². The van der Waals surface area contributed by atoms with Gasteiger partial charge in [-0.05, 0) is 44.0 Å². The van der Waals surface area contributed by atoms with Crippen LogP contribution in [0.15, 0.2) is 30.3 Å². The van der Waals surface area contributed by atoms with Crippen molar-refractivity contribution in [3.05, 3.63) is 36.0 Å². The normalized spacial score (nSPS) is 19.1. The van der Waals surface area contributed by atoms with Gasteiger partial charge in [0, 0.05) is 18.0 Å². The molecule has 0 aliphatic carbocycles. The summed E-state index contributed by atoms with van der Waals surface area (Å²) in [5, 5.41) is 4.96. The van der Waals surface area contributed by atoms with Crippen LogP contribution in [-0.4, -0.2) is 49.1 Å². The number of piperidine rings is 1. The predicted molar refractivity (Wildman–Crippen MR) is 86.3 cm³/mol. The number of amides is 1. The van der Waals surface area contributed by atoms with Crippen LogP contribution in [0.25, 0.3) is 10.8 Å². The van der Waals surface area contributed by atoms with Crippen LogP contribution in [0.4, 0.5) is 0 Å². The molecule has 1 aromatic heterocycles. The molecule has 22 heavy (non-hydrogen) atoms. The van der Waals surface area contributed by atoms with Crippen molar-refractivity contribution >= 4 is 16.7 Å². The van der Waals surface area contributed by atoms with Gasteiger partial charge in [0.05, 0.1) is 7.11 Å². The summed E-state index contributed by atoms with van der Waals surface area (Å²) in [7, 11) is 3.65. The van der Waals surface area contributed by atoms with E-state index in [1.165, 1.54) is 0 Å². The Bertz CT molecular complexity index is 687. The molecule has 1 aliphatic rings. The predicted octanol–water partition coefficient (Wildman–Crippen LogP) is 2.07. The van der Waals surface area contributed by atoms with Crippen LogP contribution in [-0.2, 0) is 0 Å². The number of nitrogens with zero attached hydrogens (tertiary/aromatic N) is 2. The Morgan fingerprint density at radius 2 is 2.23 bits per heavy atom. The fourth-order valence-corrected chi connectivity index (χ4v) is 2.98. The maximum atomic E-state index is 12.5. The summed E-state index contributed by atoms with van der Waals surface area (Å²) in [6.45, 7) is 1.98. The molecule has 5 heteroatoms. The van der Waals surface area contributed by atoms with E-state index >= 15 is 0 Å². The maximum absolute atomic E-state index is 12.5. The number of ether oxygens (including phenoxy) is 1. The molecule has 5 nitrogen and oxygen atoms in total. The van der Waals surface area contributed by atoms with Crippen molar-refractivity contribution in [2.45, 2.75) is 18.9 Å². The summed E-state index contributed by atoms with van der Waals surface area (Å²) in [4.78, 5) is 19.1. The number of rotatable bonds is 3. The molecule has 1 unspecified atom stereocenters. The first-order valence-electron chi connectivity index (χ1n) is 7.60. The molecule has 1 atom stereocenters. The summed E-state index contributed by atoms with van der Waals surface area (Å²) < 4.78 is 5.33. The number of benzene rings is 1. The van der Waals surface area contributed by atoms with Gasteiger partial charge in [0.2, 0.25) is 5.88 Å². The standard InChI is InChI=1S/C17H21N3O2/c1-20-9-5-7-13(11-20)18-16(21)15-10-12-6-3-4-8-14(12)17(19-15)22-2/h3-4,6,8,10,13H,5,7,9,11H2,1-2H3,(H,18,21). The van der Waals surface area contributed by atoms with Crippen molar-refractivity contribution in [1.82, 2.24) is 15.2 Å². The monoisotopic (exact) mass is 299 g/mol. The molecule has 3 rings (SSSR count). The number of pyridine rings is 1. The molecule has 116 valence electrons. The van der Waals surface area contributed by atoms with Crippen molar-refractivity contribution < 1.29 is 9.53 Å². The molecule has 0 radical (unpaired) electrons. The zero-order valence-corrected chi connectivity index (χ0v) is 13.0. The smallest absolute Gasteiger partial charge is 0.270 e. The highest BCUT2D eigenvalue weighted by molar-refractivity contribution is 5.98. The number of carbonyl (C=O) groups excluding carboxylic acids is 1. The number of aromatic nitrogens is 1. The van der Waals surface area contributed by atoms with Crippen molar-refractivity contribution in [2.24, 2.45) is 0 Å². The molecule has 1 aromatic carbocycles. The SMILES string of the molecule is COc1nc(C(=O)NC2CCCN(C)C2)cc2ccccc12. The summed E-state index contributed by atoms with van der Waals surface area (Å²) in [6, 6.07) is 9.79. The van der Waals surface area contributed by atoms with Gasteiger partial charge in [-0.25, -0.2) is 4.98 Å². The van der Waals surface area contributed by atoms with Gasteiger partial charge in [-0.1, -0.05) is 18.2 Å².